The minimum Gasteiger partial charge on any atom is -0.403 e. The summed E-state index contributed by atoms with van der Waals surface area (Å²) in [5.41, 5.74) is 13.2. The van der Waals surface area contributed by atoms with Crippen molar-refractivity contribution in [2.75, 3.05) is 42.8 Å². The number of primary amides is 1. The van der Waals surface area contributed by atoms with Crippen LogP contribution in [-0.4, -0.2) is 67.8 Å². The van der Waals surface area contributed by atoms with Crippen molar-refractivity contribution in [1.29, 1.82) is 0 Å². The van der Waals surface area contributed by atoms with Gasteiger partial charge in [-0.2, -0.15) is 0 Å². The van der Waals surface area contributed by atoms with Crippen LogP contribution in [0.4, 0.5) is 17.3 Å². The largest absolute Gasteiger partial charge is 0.403 e. The van der Waals surface area contributed by atoms with E-state index in [9.17, 15) is 9.59 Å². The first-order valence-corrected chi connectivity index (χ1v) is 11.4. The van der Waals surface area contributed by atoms with Crippen LogP contribution in [0.15, 0.2) is 47.4 Å². The molecule has 0 spiro atoms. The maximum Gasteiger partial charge on any atom is 0.271 e. The number of allylic oxidation sites excluding steroid dienone is 1. The van der Waals surface area contributed by atoms with E-state index in [-0.39, 0.29) is 29.5 Å². The number of piperidine rings is 1. The third-order valence-electron chi connectivity index (χ3n) is 5.95. The molecule has 1 saturated heterocycles. The van der Waals surface area contributed by atoms with Gasteiger partial charge in [0.1, 0.15) is 5.82 Å². The summed E-state index contributed by atoms with van der Waals surface area (Å²) >= 11 is 0. The molecule has 1 aromatic heterocycles. The monoisotopic (exact) mass is 479 g/mol. The summed E-state index contributed by atoms with van der Waals surface area (Å²) in [5, 5.41) is 6.12. The Morgan fingerprint density at radius 3 is 2.57 bits per heavy atom. The van der Waals surface area contributed by atoms with Gasteiger partial charge in [0, 0.05) is 63.4 Å². The van der Waals surface area contributed by atoms with E-state index < -0.39 is 5.91 Å². The zero-order valence-electron chi connectivity index (χ0n) is 20.5. The van der Waals surface area contributed by atoms with E-state index >= 15 is 0 Å². The fourth-order valence-corrected chi connectivity index (χ4v) is 4.00. The lowest BCUT2D eigenvalue weighted by Gasteiger charge is -2.40. The van der Waals surface area contributed by atoms with Crippen LogP contribution in [0.3, 0.4) is 0 Å². The maximum atomic E-state index is 12.9. The molecule has 11 nitrogen and oxygen atoms in total. The quantitative estimate of drug-likeness (QED) is 0.414. The number of nitrogens with zero attached hydrogens (tertiary/aromatic N) is 5. The molecule has 35 heavy (non-hydrogen) atoms. The molecule has 0 bridgehead atoms. The molecule has 0 saturated carbocycles. The molecule has 1 fully saturated rings. The molecule has 2 heterocycles. The van der Waals surface area contributed by atoms with Crippen molar-refractivity contribution < 1.29 is 9.59 Å². The number of nitrogens with one attached hydrogen (secondary N) is 2. The van der Waals surface area contributed by atoms with Crippen LogP contribution in [-0.2, 0) is 0 Å². The summed E-state index contributed by atoms with van der Waals surface area (Å²) < 4.78 is 0. The third kappa shape index (κ3) is 6.05. The molecular weight excluding hydrogens is 446 g/mol. The van der Waals surface area contributed by atoms with Crippen LogP contribution >= 0.6 is 0 Å². The Labute approximate surface area is 205 Å². The fourth-order valence-electron chi connectivity index (χ4n) is 4.00. The summed E-state index contributed by atoms with van der Waals surface area (Å²) in [6.07, 6.45) is 6.02. The zero-order chi connectivity index (χ0) is 25.5. The van der Waals surface area contributed by atoms with Gasteiger partial charge in [0.25, 0.3) is 11.8 Å². The topological polar surface area (TPSA) is 155 Å². The second-order valence-corrected chi connectivity index (χ2v) is 8.52. The number of carbonyl (C=O) groups is 2. The van der Waals surface area contributed by atoms with Gasteiger partial charge in [0.2, 0.25) is 0 Å². The number of hydrogen-bond acceptors (Lipinski definition) is 9. The molecule has 6 N–H and O–H groups in total. The van der Waals surface area contributed by atoms with Gasteiger partial charge in [-0.15, -0.1) is 0 Å². The van der Waals surface area contributed by atoms with Crippen LogP contribution in [0.1, 0.15) is 40.6 Å². The van der Waals surface area contributed by atoms with Gasteiger partial charge in [-0.1, -0.05) is 0 Å². The molecule has 3 rings (SSSR count). The molecule has 0 unspecified atom stereocenters. The lowest BCUT2D eigenvalue weighted by Crippen LogP contribution is -2.54. The van der Waals surface area contributed by atoms with Gasteiger partial charge >= 0.3 is 0 Å². The highest BCUT2D eigenvalue weighted by atomic mass is 16.2. The molecule has 186 valence electrons. The average Bonchev–Trinajstić information content (AvgIpc) is 2.84. The van der Waals surface area contributed by atoms with E-state index in [1.165, 1.54) is 18.6 Å². The van der Waals surface area contributed by atoms with E-state index in [4.69, 9.17) is 11.5 Å². The highest BCUT2D eigenvalue weighted by Gasteiger charge is 2.31. The molecule has 1 aromatic carbocycles. The van der Waals surface area contributed by atoms with Crippen molar-refractivity contribution in [3.8, 4) is 0 Å². The number of rotatable bonds is 8. The molecule has 0 radical (unpaired) electrons. The molecule has 2 aromatic rings. The molecule has 1 aliphatic heterocycles. The molecule has 2 atom stereocenters. The van der Waals surface area contributed by atoms with Gasteiger partial charge < -0.3 is 31.9 Å². The first-order valence-electron chi connectivity index (χ1n) is 11.4. The summed E-state index contributed by atoms with van der Waals surface area (Å²) in [5.74, 6) is -0.0911. The van der Waals surface area contributed by atoms with Gasteiger partial charge in [0.15, 0.2) is 11.5 Å². The zero-order valence-corrected chi connectivity index (χ0v) is 20.5. The number of carbonyl (C=O) groups excluding carboxylic acids is 2. The number of nitrogens with two attached hydrogens (primary N) is 2. The minimum absolute atomic E-state index is 0.00621. The maximum absolute atomic E-state index is 12.9. The molecule has 2 amide bonds. The fraction of sp³-hybridized carbons (Fsp3) is 0.375. The highest BCUT2D eigenvalue weighted by Crippen LogP contribution is 2.26. The molecular formula is C24H33N9O2. The van der Waals surface area contributed by atoms with E-state index in [1.54, 1.807) is 7.05 Å². The molecule has 1 aliphatic rings. The molecule has 11 heteroatoms. The van der Waals surface area contributed by atoms with Crippen molar-refractivity contribution in [3.05, 3.63) is 53.6 Å². The number of aromatic nitrogens is 2. The van der Waals surface area contributed by atoms with Gasteiger partial charge in [0.05, 0.1) is 11.9 Å². The Kier molecular flexibility index (Phi) is 8.24. The predicted molar refractivity (Wildman–Crippen MR) is 139 cm³/mol. The minimum atomic E-state index is -0.714. The smallest absolute Gasteiger partial charge is 0.271 e. The highest BCUT2D eigenvalue weighted by molar-refractivity contribution is 5.97. The Morgan fingerprint density at radius 2 is 1.97 bits per heavy atom. The van der Waals surface area contributed by atoms with Crippen molar-refractivity contribution in [2.24, 2.45) is 16.5 Å². The second kappa shape index (κ2) is 11.3. The molecule has 0 aliphatic carbocycles. The first-order chi connectivity index (χ1) is 16.7. The van der Waals surface area contributed by atoms with Crippen molar-refractivity contribution in [2.45, 2.75) is 31.8 Å². The number of benzene rings is 1. The summed E-state index contributed by atoms with van der Waals surface area (Å²) in [6.45, 7) is 2.76. The average molecular weight is 480 g/mol. The number of anilines is 3. The van der Waals surface area contributed by atoms with Crippen LogP contribution < -0.4 is 31.9 Å². The summed E-state index contributed by atoms with van der Waals surface area (Å²) in [7, 11) is 5.51. The Morgan fingerprint density at radius 1 is 1.26 bits per heavy atom. The lowest BCUT2D eigenvalue weighted by atomic mass is 9.97. The third-order valence-corrected chi connectivity index (χ3v) is 5.95. The number of amides is 2. The van der Waals surface area contributed by atoms with Crippen LogP contribution in [0, 0.1) is 0 Å². The van der Waals surface area contributed by atoms with Crippen LogP contribution in [0.5, 0.6) is 0 Å². The number of aliphatic imine (C=N–C) groups is 1. The van der Waals surface area contributed by atoms with Crippen LogP contribution in [0.2, 0.25) is 0 Å². The SMILES string of the molecule is CN=CC(=CN)Nc1nc(N2CCC[C@@H](NC(=O)c3ccc(N(C)C)cc3)[C@H]2C)cnc1C(N)=O. The standard InChI is InChI=1S/C24H33N9O2/c1-15-19(30-24(35)16-7-9-18(10-8-16)32(3)4)6-5-11-33(15)20-14-28-21(22(26)34)23(31-20)29-17(12-25)13-27-2/h7-10,12-15,19H,5-6,11,25H2,1-4H3,(H2,26,34)(H,29,31)(H,30,35)/t15-,19-/m1/s1. The summed E-state index contributed by atoms with van der Waals surface area (Å²) in [6, 6.07) is 7.34. The van der Waals surface area contributed by atoms with E-state index in [0.29, 0.717) is 17.1 Å². The van der Waals surface area contributed by atoms with E-state index in [0.717, 1.165) is 25.1 Å². The van der Waals surface area contributed by atoms with E-state index in [1.807, 2.05) is 50.2 Å². The number of hydrogen-bond donors (Lipinski definition) is 4. The van der Waals surface area contributed by atoms with Gasteiger partial charge in [-0.05, 0) is 44.0 Å². The summed E-state index contributed by atoms with van der Waals surface area (Å²) in [4.78, 5) is 41.6. The Hall–Kier alpha value is -4.15. The van der Waals surface area contributed by atoms with Gasteiger partial charge in [-0.3, -0.25) is 14.6 Å². The first kappa shape index (κ1) is 25.5. The Bertz CT molecular complexity index is 1110. The van der Waals surface area contributed by atoms with Crippen molar-refractivity contribution in [3.63, 3.8) is 0 Å². The van der Waals surface area contributed by atoms with Crippen LogP contribution in [0.25, 0.3) is 0 Å². The van der Waals surface area contributed by atoms with Crippen molar-refractivity contribution >= 4 is 35.4 Å². The van der Waals surface area contributed by atoms with Gasteiger partial charge in [-0.25, -0.2) is 9.97 Å². The van der Waals surface area contributed by atoms with E-state index in [2.05, 4.69) is 30.5 Å². The lowest BCUT2D eigenvalue weighted by molar-refractivity contribution is 0.0923. The normalized spacial score (nSPS) is 18.4. The van der Waals surface area contributed by atoms with Crippen molar-refractivity contribution in [1.82, 2.24) is 15.3 Å². The predicted octanol–water partition coefficient (Wildman–Crippen LogP) is 1.34. The Balaban J connectivity index is 1.80. The second-order valence-electron chi connectivity index (χ2n) is 8.52.